The molecule has 1 aliphatic heterocycles. The van der Waals surface area contributed by atoms with Crippen molar-refractivity contribution in [2.45, 2.75) is 58.1 Å². The van der Waals surface area contributed by atoms with E-state index >= 15 is 0 Å². The van der Waals surface area contributed by atoms with Gasteiger partial charge in [0.05, 0.1) is 0 Å². The zero-order valence-corrected chi connectivity index (χ0v) is 14.6. The molecule has 1 amide bonds. The number of nitrogens with one attached hydrogen (secondary N) is 1. The second-order valence-corrected chi connectivity index (χ2v) is 6.73. The summed E-state index contributed by atoms with van der Waals surface area (Å²) in [6, 6.07) is 5.52. The molecule has 6 nitrogen and oxygen atoms in total. The molecule has 1 atom stereocenters. The fourth-order valence-electron chi connectivity index (χ4n) is 3.31. The highest BCUT2D eigenvalue weighted by molar-refractivity contribution is 5.83. The molecule has 1 aromatic rings. The molecule has 6 heteroatoms. The van der Waals surface area contributed by atoms with Crippen molar-refractivity contribution in [1.82, 2.24) is 5.32 Å². The van der Waals surface area contributed by atoms with E-state index in [1.165, 1.54) is 25.7 Å². The Hall–Kier alpha value is -2.24. The molecule has 0 aromatic heterocycles. The molecular weight excluding hydrogens is 322 g/mol. The lowest BCUT2D eigenvalue weighted by atomic mass is 10.0. The van der Waals surface area contributed by atoms with Crippen LogP contribution in [0.5, 0.6) is 11.5 Å². The standard InChI is InChI=1S/C19H25NO5/c1-13(25-18(21)9-7-14-4-2-3-5-14)19(22)20-11-15-6-8-16-17(10-15)24-12-23-16/h6,8,10,13-14H,2-5,7,9,11-12H2,1H3,(H,20,22)/t13-/m1/s1. The first kappa shape index (κ1) is 17.6. The molecule has 1 aromatic carbocycles. The number of hydrogen-bond acceptors (Lipinski definition) is 5. The van der Waals surface area contributed by atoms with Gasteiger partial charge in [0, 0.05) is 13.0 Å². The summed E-state index contributed by atoms with van der Waals surface area (Å²) < 4.78 is 15.8. The maximum absolute atomic E-state index is 12.1. The molecule has 1 N–H and O–H groups in total. The van der Waals surface area contributed by atoms with Crippen molar-refractivity contribution in [3.05, 3.63) is 23.8 Å². The average Bonchev–Trinajstić information content (AvgIpc) is 3.28. The summed E-state index contributed by atoms with van der Waals surface area (Å²) in [5.74, 6) is 1.44. The number of carbonyl (C=O) groups excluding carboxylic acids is 2. The van der Waals surface area contributed by atoms with Crippen LogP contribution in [0.3, 0.4) is 0 Å². The lowest BCUT2D eigenvalue weighted by molar-refractivity contribution is -0.155. The molecule has 25 heavy (non-hydrogen) atoms. The van der Waals surface area contributed by atoms with E-state index in [0.717, 1.165) is 12.0 Å². The molecule has 3 rings (SSSR count). The lowest BCUT2D eigenvalue weighted by Gasteiger charge is -2.14. The molecule has 2 aliphatic rings. The molecule has 0 unspecified atom stereocenters. The Kier molecular flexibility index (Phi) is 5.79. The Morgan fingerprint density at radius 1 is 1.24 bits per heavy atom. The van der Waals surface area contributed by atoms with Gasteiger partial charge >= 0.3 is 5.97 Å². The van der Waals surface area contributed by atoms with Crippen LogP contribution in [0.25, 0.3) is 0 Å². The quantitative estimate of drug-likeness (QED) is 0.768. The van der Waals surface area contributed by atoms with Crippen molar-refractivity contribution in [1.29, 1.82) is 0 Å². The van der Waals surface area contributed by atoms with Crippen LogP contribution in [0.15, 0.2) is 18.2 Å². The molecule has 1 fully saturated rings. The summed E-state index contributed by atoms with van der Waals surface area (Å²) >= 11 is 0. The SMILES string of the molecule is C[C@@H](OC(=O)CCC1CCCC1)C(=O)NCc1ccc2c(c1)OCO2. The number of hydrogen-bond donors (Lipinski definition) is 1. The van der Waals surface area contributed by atoms with Crippen LogP contribution in [-0.4, -0.2) is 24.8 Å². The van der Waals surface area contributed by atoms with Crippen LogP contribution in [-0.2, 0) is 20.9 Å². The highest BCUT2D eigenvalue weighted by Crippen LogP contribution is 2.32. The second-order valence-electron chi connectivity index (χ2n) is 6.73. The fraction of sp³-hybridized carbons (Fsp3) is 0.579. The first-order valence-electron chi connectivity index (χ1n) is 8.97. The Labute approximate surface area is 147 Å². The van der Waals surface area contributed by atoms with Crippen LogP contribution in [0.1, 0.15) is 51.0 Å². The molecule has 0 radical (unpaired) electrons. The van der Waals surface area contributed by atoms with E-state index in [1.54, 1.807) is 6.92 Å². The number of amides is 1. The monoisotopic (exact) mass is 347 g/mol. The molecule has 0 spiro atoms. The summed E-state index contributed by atoms with van der Waals surface area (Å²) in [5, 5.41) is 2.78. The smallest absolute Gasteiger partial charge is 0.306 e. The van der Waals surface area contributed by atoms with Crippen molar-refractivity contribution in [2.75, 3.05) is 6.79 Å². The topological polar surface area (TPSA) is 73.9 Å². The van der Waals surface area contributed by atoms with E-state index < -0.39 is 6.10 Å². The number of esters is 1. The Balaban J connectivity index is 1.39. The molecule has 1 aliphatic carbocycles. The van der Waals surface area contributed by atoms with Gasteiger partial charge in [-0.15, -0.1) is 0 Å². The van der Waals surface area contributed by atoms with E-state index in [9.17, 15) is 9.59 Å². The third-order valence-corrected chi connectivity index (χ3v) is 4.81. The van der Waals surface area contributed by atoms with Crippen molar-refractivity contribution in [3.8, 4) is 11.5 Å². The molecule has 0 saturated heterocycles. The minimum absolute atomic E-state index is 0.221. The van der Waals surface area contributed by atoms with Gasteiger partial charge < -0.3 is 19.5 Å². The van der Waals surface area contributed by atoms with Crippen molar-refractivity contribution >= 4 is 11.9 Å². The van der Waals surface area contributed by atoms with Gasteiger partial charge in [0.15, 0.2) is 17.6 Å². The number of fused-ring (bicyclic) bond motifs is 1. The number of ether oxygens (including phenoxy) is 3. The summed E-state index contributed by atoms with van der Waals surface area (Å²) in [6.45, 7) is 2.17. The van der Waals surface area contributed by atoms with Crippen molar-refractivity contribution in [2.24, 2.45) is 5.92 Å². The largest absolute Gasteiger partial charge is 0.454 e. The maximum Gasteiger partial charge on any atom is 0.306 e. The lowest BCUT2D eigenvalue weighted by Crippen LogP contribution is -2.35. The number of carbonyl (C=O) groups is 2. The van der Waals surface area contributed by atoms with Crippen LogP contribution >= 0.6 is 0 Å². The minimum atomic E-state index is -0.787. The predicted octanol–water partition coefficient (Wildman–Crippen LogP) is 2.93. The van der Waals surface area contributed by atoms with Gasteiger partial charge in [-0.3, -0.25) is 9.59 Å². The van der Waals surface area contributed by atoms with Crippen LogP contribution in [0.4, 0.5) is 0 Å². The minimum Gasteiger partial charge on any atom is -0.454 e. The van der Waals surface area contributed by atoms with Gasteiger partial charge in [0.1, 0.15) is 0 Å². The normalized spacial score (nSPS) is 17.3. The highest BCUT2D eigenvalue weighted by Gasteiger charge is 2.21. The van der Waals surface area contributed by atoms with Crippen LogP contribution in [0, 0.1) is 5.92 Å². The van der Waals surface area contributed by atoms with E-state index in [-0.39, 0.29) is 18.7 Å². The molecule has 136 valence electrons. The zero-order valence-electron chi connectivity index (χ0n) is 14.6. The summed E-state index contributed by atoms with van der Waals surface area (Å²) in [7, 11) is 0. The Morgan fingerprint density at radius 3 is 2.80 bits per heavy atom. The third-order valence-electron chi connectivity index (χ3n) is 4.81. The third kappa shape index (κ3) is 4.87. The van der Waals surface area contributed by atoms with Crippen LogP contribution in [0.2, 0.25) is 0 Å². The highest BCUT2D eigenvalue weighted by atomic mass is 16.7. The van der Waals surface area contributed by atoms with E-state index in [0.29, 0.717) is 30.4 Å². The molecule has 1 heterocycles. The Morgan fingerprint density at radius 2 is 2.00 bits per heavy atom. The van der Waals surface area contributed by atoms with Gasteiger partial charge in [-0.2, -0.15) is 0 Å². The molecular formula is C19H25NO5. The summed E-state index contributed by atoms with van der Waals surface area (Å²) in [6.07, 6.45) is 5.41. The second kappa shape index (κ2) is 8.23. The summed E-state index contributed by atoms with van der Waals surface area (Å²) in [4.78, 5) is 24.0. The van der Waals surface area contributed by atoms with E-state index in [1.807, 2.05) is 18.2 Å². The van der Waals surface area contributed by atoms with Gasteiger partial charge in [0.25, 0.3) is 5.91 Å². The molecule has 0 bridgehead atoms. The molecule has 1 saturated carbocycles. The van der Waals surface area contributed by atoms with E-state index in [2.05, 4.69) is 5.32 Å². The average molecular weight is 347 g/mol. The van der Waals surface area contributed by atoms with Gasteiger partial charge in [-0.05, 0) is 37.0 Å². The number of rotatable bonds is 7. The predicted molar refractivity (Wildman–Crippen MR) is 91.2 cm³/mol. The zero-order chi connectivity index (χ0) is 17.6. The van der Waals surface area contributed by atoms with Gasteiger partial charge in [-0.1, -0.05) is 31.7 Å². The van der Waals surface area contributed by atoms with Crippen molar-refractivity contribution < 1.29 is 23.8 Å². The van der Waals surface area contributed by atoms with Crippen molar-refractivity contribution in [3.63, 3.8) is 0 Å². The maximum atomic E-state index is 12.1. The van der Waals surface area contributed by atoms with Crippen LogP contribution < -0.4 is 14.8 Å². The first-order valence-corrected chi connectivity index (χ1v) is 8.97. The Bertz CT molecular complexity index is 624. The van der Waals surface area contributed by atoms with Gasteiger partial charge in [-0.25, -0.2) is 0 Å². The first-order chi connectivity index (χ1) is 12.1. The van der Waals surface area contributed by atoms with Gasteiger partial charge in [0.2, 0.25) is 6.79 Å². The van der Waals surface area contributed by atoms with E-state index in [4.69, 9.17) is 14.2 Å². The fourth-order valence-corrected chi connectivity index (χ4v) is 3.31. The number of benzene rings is 1. The summed E-state index contributed by atoms with van der Waals surface area (Å²) in [5.41, 5.74) is 0.900.